The molecule has 1 fully saturated rings. The third kappa shape index (κ3) is 2.71. The summed E-state index contributed by atoms with van der Waals surface area (Å²) in [7, 11) is 0. The second kappa shape index (κ2) is 6.63. The molecule has 0 unspecified atom stereocenters. The summed E-state index contributed by atoms with van der Waals surface area (Å²) in [5, 5.41) is 8.53. The third-order valence-electron chi connectivity index (χ3n) is 5.82. The summed E-state index contributed by atoms with van der Waals surface area (Å²) in [5.41, 5.74) is 6.56. The van der Waals surface area contributed by atoms with Gasteiger partial charge < -0.3 is 9.88 Å². The monoisotopic (exact) mass is 350 g/mol. The first-order chi connectivity index (χ1) is 12.6. The lowest BCUT2D eigenvalue weighted by Gasteiger charge is -2.33. The average molecular weight is 350 g/mol. The van der Waals surface area contributed by atoms with Crippen LogP contribution in [-0.4, -0.2) is 39.1 Å². The Hall–Kier alpha value is -2.56. The van der Waals surface area contributed by atoms with Crippen LogP contribution >= 0.6 is 0 Å². The number of aryl methyl sites for hydroxylation is 3. The highest BCUT2D eigenvalue weighted by Gasteiger charge is 2.28. The Labute approximate surface area is 153 Å². The highest BCUT2D eigenvalue weighted by molar-refractivity contribution is 6.06. The molecule has 4 rings (SSSR count). The van der Waals surface area contributed by atoms with Gasteiger partial charge in [-0.05, 0) is 50.3 Å². The molecule has 1 aliphatic heterocycles. The molecule has 3 heterocycles. The van der Waals surface area contributed by atoms with Crippen molar-refractivity contribution in [3.05, 3.63) is 52.5 Å². The molecule has 1 aliphatic rings. The summed E-state index contributed by atoms with van der Waals surface area (Å²) >= 11 is 0. The van der Waals surface area contributed by atoms with Crippen LogP contribution in [0.2, 0.25) is 0 Å². The van der Waals surface area contributed by atoms with Crippen LogP contribution in [0, 0.1) is 13.8 Å². The van der Waals surface area contributed by atoms with Crippen LogP contribution in [0.3, 0.4) is 0 Å². The third-order valence-corrected chi connectivity index (χ3v) is 5.82. The first-order valence-corrected chi connectivity index (χ1v) is 9.49. The summed E-state index contributed by atoms with van der Waals surface area (Å²) in [5.74, 6) is 0.468. The lowest BCUT2D eigenvalue weighted by molar-refractivity contribution is 0.0707. The summed E-state index contributed by atoms with van der Waals surface area (Å²) < 4.78 is 0. The van der Waals surface area contributed by atoms with E-state index in [9.17, 15) is 4.79 Å². The van der Waals surface area contributed by atoms with Gasteiger partial charge in [0.2, 0.25) is 0 Å². The first-order valence-electron chi connectivity index (χ1n) is 9.49. The number of likely N-dealkylation sites (tertiary alicyclic amines) is 1. The largest absolute Gasteiger partial charge is 0.358 e. The number of para-hydroxylation sites is 1. The minimum Gasteiger partial charge on any atom is -0.358 e. The van der Waals surface area contributed by atoms with Crippen molar-refractivity contribution in [2.75, 3.05) is 13.1 Å². The van der Waals surface area contributed by atoms with Crippen LogP contribution in [0.5, 0.6) is 0 Å². The van der Waals surface area contributed by atoms with Crippen molar-refractivity contribution in [2.45, 2.75) is 46.0 Å². The van der Waals surface area contributed by atoms with Gasteiger partial charge in [-0.1, -0.05) is 19.1 Å². The second-order valence-corrected chi connectivity index (χ2v) is 7.36. The van der Waals surface area contributed by atoms with E-state index < -0.39 is 0 Å². The predicted octanol–water partition coefficient (Wildman–Crippen LogP) is 4.09. The zero-order chi connectivity index (χ0) is 18.3. The number of hydrogen-bond donors (Lipinski definition) is 2. The number of rotatable bonds is 3. The first kappa shape index (κ1) is 16.9. The molecule has 136 valence electrons. The van der Waals surface area contributed by atoms with Gasteiger partial charge in [-0.15, -0.1) is 0 Å². The SMILES string of the molecule is CCc1cn[nH]c1[C@@H]1CCCN(C(=O)c2cccc3c(C)c(C)[nH]c23)C1. The van der Waals surface area contributed by atoms with Gasteiger partial charge in [-0.2, -0.15) is 5.10 Å². The fourth-order valence-corrected chi connectivity index (χ4v) is 4.18. The van der Waals surface area contributed by atoms with Crippen molar-refractivity contribution in [1.82, 2.24) is 20.1 Å². The molecule has 3 aromatic rings. The van der Waals surface area contributed by atoms with Gasteiger partial charge in [0.25, 0.3) is 5.91 Å². The fraction of sp³-hybridized carbons (Fsp3) is 0.429. The van der Waals surface area contributed by atoms with Crippen molar-refractivity contribution in [2.24, 2.45) is 0 Å². The standard InChI is InChI=1S/C21H26N4O/c1-4-15-11-22-24-19(15)16-7-6-10-25(12-16)21(26)18-9-5-8-17-13(2)14(3)23-20(17)18/h5,8-9,11,16,23H,4,6-7,10,12H2,1-3H3,(H,22,24)/t16-/m1/s1. The summed E-state index contributed by atoms with van der Waals surface area (Å²) in [6.07, 6.45) is 5.01. The highest BCUT2D eigenvalue weighted by Crippen LogP contribution is 2.30. The Morgan fingerprint density at radius 3 is 3.00 bits per heavy atom. The minimum atomic E-state index is 0.124. The predicted molar refractivity (Wildman–Crippen MR) is 104 cm³/mol. The zero-order valence-corrected chi connectivity index (χ0v) is 15.7. The molecule has 0 radical (unpaired) electrons. The second-order valence-electron chi connectivity index (χ2n) is 7.36. The average Bonchev–Trinajstić information content (AvgIpc) is 3.26. The Bertz CT molecular complexity index is 952. The Balaban J connectivity index is 1.63. The van der Waals surface area contributed by atoms with Crippen LogP contribution in [-0.2, 0) is 6.42 Å². The molecule has 0 bridgehead atoms. The van der Waals surface area contributed by atoms with E-state index in [0.29, 0.717) is 5.92 Å². The number of H-pyrrole nitrogens is 2. The Morgan fingerprint density at radius 1 is 1.35 bits per heavy atom. The number of aromatic nitrogens is 3. The van der Waals surface area contributed by atoms with E-state index in [2.05, 4.69) is 42.0 Å². The number of aromatic amines is 2. The van der Waals surface area contributed by atoms with E-state index in [-0.39, 0.29) is 5.91 Å². The van der Waals surface area contributed by atoms with E-state index in [1.165, 1.54) is 16.8 Å². The normalized spacial score (nSPS) is 17.8. The Morgan fingerprint density at radius 2 is 2.19 bits per heavy atom. The number of benzene rings is 1. The van der Waals surface area contributed by atoms with E-state index in [1.807, 2.05) is 23.2 Å². The number of amides is 1. The smallest absolute Gasteiger partial charge is 0.256 e. The molecule has 1 amide bonds. The summed E-state index contributed by atoms with van der Waals surface area (Å²) in [6.45, 7) is 7.88. The van der Waals surface area contributed by atoms with E-state index in [1.54, 1.807) is 0 Å². The molecular weight excluding hydrogens is 324 g/mol. The Kier molecular flexibility index (Phi) is 4.31. The number of piperidine rings is 1. The van der Waals surface area contributed by atoms with E-state index in [0.717, 1.165) is 54.5 Å². The van der Waals surface area contributed by atoms with Gasteiger partial charge in [0.05, 0.1) is 17.3 Å². The zero-order valence-electron chi connectivity index (χ0n) is 15.7. The molecule has 5 heteroatoms. The summed E-state index contributed by atoms with van der Waals surface area (Å²) in [6, 6.07) is 6.01. The lowest BCUT2D eigenvalue weighted by atomic mass is 9.91. The van der Waals surface area contributed by atoms with Crippen LogP contribution in [0.25, 0.3) is 10.9 Å². The van der Waals surface area contributed by atoms with Crippen LogP contribution < -0.4 is 0 Å². The van der Waals surface area contributed by atoms with Crippen molar-refractivity contribution >= 4 is 16.8 Å². The van der Waals surface area contributed by atoms with Gasteiger partial charge in [0, 0.05) is 35.8 Å². The van der Waals surface area contributed by atoms with Gasteiger partial charge in [-0.25, -0.2) is 0 Å². The van der Waals surface area contributed by atoms with Gasteiger partial charge in [0.1, 0.15) is 0 Å². The van der Waals surface area contributed by atoms with Gasteiger partial charge >= 0.3 is 0 Å². The molecule has 0 aliphatic carbocycles. The number of carbonyl (C=O) groups is 1. The molecule has 1 saturated heterocycles. The van der Waals surface area contributed by atoms with Crippen molar-refractivity contribution in [3.63, 3.8) is 0 Å². The quantitative estimate of drug-likeness (QED) is 0.747. The maximum absolute atomic E-state index is 13.3. The van der Waals surface area contributed by atoms with Crippen molar-refractivity contribution in [1.29, 1.82) is 0 Å². The molecule has 2 aromatic heterocycles. The minimum absolute atomic E-state index is 0.124. The van der Waals surface area contributed by atoms with E-state index in [4.69, 9.17) is 0 Å². The number of carbonyl (C=O) groups excluding carboxylic acids is 1. The number of hydrogen-bond acceptors (Lipinski definition) is 2. The maximum atomic E-state index is 13.3. The molecule has 2 N–H and O–H groups in total. The molecule has 26 heavy (non-hydrogen) atoms. The van der Waals surface area contributed by atoms with E-state index >= 15 is 0 Å². The van der Waals surface area contributed by atoms with Crippen molar-refractivity contribution in [3.8, 4) is 0 Å². The molecule has 1 aromatic carbocycles. The number of nitrogens with one attached hydrogen (secondary N) is 2. The van der Waals surface area contributed by atoms with Crippen molar-refractivity contribution < 1.29 is 4.79 Å². The molecule has 1 atom stereocenters. The van der Waals surface area contributed by atoms with Gasteiger partial charge in [-0.3, -0.25) is 9.89 Å². The topological polar surface area (TPSA) is 64.8 Å². The summed E-state index contributed by atoms with van der Waals surface area (Å²) in [4.78, 5) is 18.7. The van der Waals surface area contributed by atoms with Gasteiger partial charge in [0.15, 0.2) is 0 Å². The lowest BCUT2D eigenvalue weighted by Crippen LogP contribution is -2.39. The number of nitrogens with zero attached hydrogens (tertiary/aromatic N) is 2. The fourth-order valence-electron chi connectivity index (χ4n) is 4.18. The van der Waals surface area contributed by atoms with Crippen LogP contribution in [0.4, 0.5) is 0 Å². The van der Waals surface area contributed by atoms with Crippen LogP contribution in [0.15, 0.2) is 24.4 Å². The van der Waals surface area contributed by atoms with Crippen LogP contribution in [0.1, 0.15) is 58.6 Å². The molecule has 0 spiro atoms. The highest BCUT2D eigenvalue weighted by atomic mass is 16.2. The number of fused-ring (bicyclic) bond motifs is 1. The molecular formula is C21H26N4O. The molecule has 5 nitrogen and oxygen atoms in total. The maximum Gasteiger partial charge on any atom is 0.256 e. The molecule has 0 saturated carbocycles.